The van der Waals surface area contributed by atoms with Gasteiger partial charge >= 0.3 is 0 Å². The molecule has 0 radical (unpaired) electrons. The summed E-state index contributed by atoms with van der Waals surface area (Å²) in [6.45, 7) is 3.24. The Morgan fingerprint density at radius 2 is 1.67 bits per heavy atom. The molecule has 190 valence electrons. The first-order chi connectivity index (χ1) is 17.2. The first-order valence-corrected chi connectivity index (χ1v) is 12.5. The molecule has 36 heavy (non-hydrogen) atoms. The molecule has 0 bridgehead atoms. The number of aromatic nitrogens is 9. The molecule has 0 amide bonds. The minimum Gasteiger partial charge on any atom is -0.479 e. The summed E-state index contributed by atoms with van der Waals surface area (Å²) >= 11 is 5.86. The molecule has 0 aliphatic heterocycles. The Labute approximate surface area is 211 Å². The van der Waals surface area contributed by atoms with E-state index in [9.17, 15) is 8.42 Å². The normalized spacial score (nSPS) is 13.3. The standard InChI is InChI=1S/C20H23ClN10O4S/c1-11(16-22-8-13(21)9-23-16)12(2)36(32,33)29-20-27-26-17(14-6-7-30(3)28-14)31(20)15-18(34-4)24-10-25-19(15)35-5/h6-12H,1-5H3,(H,27,29)/t11-,12-/m0/s1. The van der Waals surface area contributed by atoms with E-state index in [1.54, 1.807) is 30.9 Å². The summed E-state index contributed by atoms with van der Waals surface area (Å²) < 4.78 is 43.2. The number of nitrogens with one attached hydrogen (secondary N) is 1. The van der Waals surface area contributed by atoms with Crippen molar-refractivity contribution in [1.29, 1.82) is 0 Å². The van der Waals surface area contributed by atoms with Crippen molar-refractivity contribution < 1.29 is 17.9 Å². The quantitative estimate of drug-likeness (QED) is 0.333. The number of anilines is 1. The lowest BCUT2D eigenvalue weighted by Gasteiger charge is -2.20. The second-order valence-corrected chi connectivity index (χ2v) is 10.2. The van der Waals surface area contributed by atoms with Gasteiger partial charge < -0.3 is 9.47 Å². The smallest absolute Gasteiger partial charge is 0.245 e. The number of hydrogen-bond donors (Lipinski definition) is 1. The van der Waals surface area contributed by atoms with E-state index in [1.807, 2.05) is 0 Å². The summed E-state index contributed by atoms with van der Waals surface area (Å²) in [7, 11) is 0.525. The number of nitrogens with zero attached hydrogens (tertiary/aromatic N) is 9. The average Bonchev–Trinajstić information content (AvgIpc) is 3.48. The van der Waals surface area contributed by atoms with E-state index >= 15 is 0 Å². The first-order valence-electron chi connectivity index (χ1n) is 10.5. The van der Waals surface area contributed by atoms with Gasteiger partial charge in [-0.15, -0.1) is 10.2 Å². The van der Waals surface area contributed by atoms with Gasteiger partial charge in [-0.1, -0.05) is 18.5 Å². The molecule has 2 atom stereocenters. The third kappa shape index (κ3) is 4.79. The maximum atomic E-state index is 13.4. The summed E-state index contributed by atoms with van der Waals surface area (Å²) in [5, 5.41) is 12.0. The van der Waals surface area contributed by atoms with Crippen LogP contribution < -0.4 is 14.2 Å². The van der Waals surface area contributed by atoms with E-state index in [0.29, 0.717) is 16.5 Å². The summed E-state index contributed by atoms with van der Waals surface area (Å²) in [6.07, 6.45) is 5.80. The van der Waals surface area contributed by atoms with Gasteiger partial charge in [-0.2, -0.15) is 15.1 Å². The van der Waals surface area contributed by atoms with Crippen LogP contribution in [0.5, 0.6) is 11.8 Å². The molecule has 0 aromatic carbocycles. The van der Waals surface area contributed by atoms with Crippen LogP contribution in [0.25, 0.3) is 17.2 Å². The van der Waals surface area contributed by atoms with Crippen molar-refractivity contribution >= 4 is 27.6 Å². The van der Waals surface area contributed by atoms with Gasteiger partial charge in [-0.3, -0.25) is 9.40 Å². The van der Waals surface area contributed by atoms with Gasteiger partial charge in [0.1, 0.15) is 17.8 Å². The van der Waals surface area contributed by atoms with E-state index in [-0.39, 0.29) is 29.2 Å². The highest BCUT2D eigenvalue weighted by Gasteiger charge is 2.33. The number of ether oxygens (including phenoxy) is 2. The van der Waals surface area contributed by atoms with E-state index in [0.717, 1.165) is 0 Å². The monoisotopic (exact) mass is 534 g/mol. The molecule has 0 unspecified atom stereocenters. The molecule has 0 spiro atoms. The van der Waals surface area contributed by atoms with Crippen LogP contribution in [-0.4, -0.2) is 72.4 Å². The van der Waals surface area contributed by atoms with Crippen molar-refractivity contribution in [1.82, 2.24) is 44.5 Å². The Morgan fingerprint density at radius 1 is 1.03 bits per heavy atom. The first kappa shape index (κ1) is 25.2. The molecule has 4 aromatic rings. The van der Waals surface area contributed by atoms with Gasteiger partial charge in [0.25, 0.3) is 0 Å². The highest BCUT2D eigenvalue weighted by molar-refractivity contribution is 7.93. The van der Waals surface area contributed by atoms with Crippen molar-refractivity contribution in [3.05, 3.63) is 41.8 Å². The van der Waals surface area contributed by atoms with Gasteiger partial charge in [0.05, 0.1) is 24.5 Å². The molecule has 16 heteroatoms. The molecule has 0 saturated carbocycles. The van der Waals surface area contributed by atoms with Crippen molar-refractivity contribution in [2.75, 3.05) is 18.9 Å². The van der Waals surface area contributed by atoms with Crippen LogP contribution in [0, 0.1) is 0 Å². The molecule has 0 aliphatic carbocycles. The second kappa shape index (κ2) is 10.0. The maximum absolute atomic E-state index is 13.4. The third-order valence-electron chi connectivity index (χ3n) is 5.45. The number of hydrogen-bond acceptors (Lipinski definition) is 11. The number of methoxy groups -OCH3 is 2. The van der Waals surface area contributed by atoms with Crippen LogP contribution >= 0.6 is 11.6 Å². The predicted octanol–water partition coefficient (Wildman–Crippen LogP) is 1.85. The van der Waals surface area contributed by atoms with Crippen molar-refractivity contribution in [3.8, 4) is 29.0 Å². The lowest BCUT2D eigenvalue weighted by atomic mass is 10.1. The largest absolute Gasteiger partial charge is 0.479 e. The lowest BCUT2D eigenvalue weighted by Crippen LogP contribution is -2.31. The van der Waals surface area contributed by atoms with Crippen molar-refractivity contribution in [2.24, 2.45) is 7.05 Å². The Morgan fingerprint density at radius 3 is 2.22 bits per heavy atom. The SMILES string of the molecule is COc1ncnc(OC)c1-n1c(NS(=O)(=O)[C@@H](C)[C@H](C)c2ncc(Cl)cn2)nnc1-c1ccn(C)n1. The number of rotatable bonds is 9. The van der Waals surface area contributed by atoms with Gasteiger partial charge in [0.2, 0.25) is 27.7 Å². The molecule has 0 fully saturated rings. The average molecular weight is 535 g/mol. The van der Waals surface area contributed by atoms with Gasteiger partial charge in [-0.25, -0.2) is 23.0 Å². The summed E-state index contributed by atoms with van der Waals surface area (Å²) in [5.74, 6) is 0.0355. The summed E-state index contributed by atoms with van der Waals surface area (Å²) in [4.78, 5) is 16.6. The zero-order chi connectivity index (χ0) is 26.0. The molecular formula is C20H23ClN10O4S. The highest BCUT2D eigenvalue weighted by atomic mass is 35.5. The van der Waals surface area contributed by atoms with Crippen molar-refractivity contribution in [3.63, 3.8) is 0 Å². The number of sulfonamides is 1. The Kier molecular flexibility index (Phi) is 7.03. The minimum absolute atomic E-state index is 0.107. The summed E-state index contributed by atoms with van der Waals surface area (Å²) in [5.41, 5.74) is 0.604. The Hall–Kier alpha value is -3.85. The zero-order valence-electron chi connectivity index (χ0n) is 20.0. The fraction of sp³-hybridized carbons (Fsp3) is 0.350. The van der Waals surface area contributed by atoms with Gasteiger partial charge in [0, 0.05) is 31.6 Å². The molecule has 14 nitrogen and oxygen atoms in total. The highest BCUT2D eigenvalue weighted by Crippen LogP contribution is 2.35. The van der Waals surface area contributed by atoms with Gasteiger partial charge in [0.15, 0.2) is 11.5 Å². The van der Waals surface area contributed by atoms with Crippen LogP contribution in [0.15, 0.2) is 31.0 Å². The van der Waals surface area contributed by atoms with Crippen LogP contribution in [0.3, 0.4) is 0 Å². The van der Waals surface area contributed by atoms with Crippen LogP contribution in [0.1, 0.15) is 25.6 Å². The van der Waals surface area contributed by atoms with E-state index < -0.39 is 21.2 Å². The van der Waals surface area contributed by atoms with E-state index in [4.69, 9.17) is 21.1 Å². The number of aryl methyl sites for hydroxylation is 1. The lowest BCUT2D eigenvalue weighted by molar-refractivity contribution is 0.368. The molecule has 0 saturated heterocycles. The Balaban J connectivity index is 1.81. The zero-order valence-corrected chi connectivity index (χ0v) is 21.6. The van der Waals surface area contributed by atoms with Crippen molar-refractivity contribution in [2.45, 2.75) is 25.0 Å². The van der Waals surface area contributed by atoms with Gasteiger partial charge in [-0.05, 0) is 13.0 Å². The Bertz CT molecular complexity index is 1450. The second-order valence-electron chi connectivity index (χ2n) is 7.70. The molecule has 0 aliphatic rings. The predicted molar refractivity (Wildman–Crippen MR) is 130 cm³/mol. The molecule has 1 N–H and O–H groups in total. The van der Waals surface area contributed by atoms with Crippen LogP contribution in [0.2, 0.25) is 5.02 Å². The number of halogens is 1. The third-order valence-corrected chi connectivity index (χ3v) is 7.50. The summed E-state index contributed by atoms with van der Waals surface area (Å²) in [6, 6.07) is 1.70. The van der Waals surface area contributed by atoms with E-state index in [2.05, 4.69) is 40.0 Å². The van der Waals surface area contributed by atoms with E-state index in [1.165, 1.54) is 44.4 Å². The molecular weight excluding hydrogens is 512 g/mol. The van der Waals surface area contributed by atoms with Crippen LogP contribution in [-0.2, 0) is 17.1 Å². The molecule has 4 aromatic heterocycles. The molecule has 4 rings (SSSR count). The maximum Gasteiger partial charge on any atom is 0.245 e. The van der Waals surface area contributed by atoms with Crippen LogP contribution in [0.4, 0.5) is 5.95 Å². The fourth-order valence-corrected chi connectivity index (χ4v) is 4.69. The molecule has 4 heterocycles. The topological polar surface area (TPSA) is 165 Å². The minimum atomic E-state index is -4.04. The fourth-order valence-electron chi connectivity index (χ4n) is 3.36.